The van der Waals surface area contributed by atoms with Gasteiger partial charge in [-0.05, 0) is 6.92 Å². The van der Waals surface area contributed by atoms with Gasteiger partial charge in [-0.1, -0.05) is 4.52 Å². The van der Waals surface area contributed by atoms with Crippen LogP contribution in [0.4, 0.5) is 0 Å². The fourth-order valence-corrected chi connectivity index (χ4v) is 0.536. The molecule has 0 aromatic rings. The fraction of sp³-hybridized carbons (Fsp3) is 0.667. The van der Waals surface area contributed by atoms with E-state index in [0.717, 1.165) is 0 Å². The topological polar surface area (TPSA) is 76.0 Å². The van der Waals surface area contributed by atoms with Gasteiger partial charge in [0.05, 0.1) is 0 Å². The molecule has 0 saturated heterocycles. The number of rotatable bonds is 3. The first kappa shape index (κ1) is 8.40. The van der Waals surface area contributed by atoms with Crippen molar-refractivity contribution in [2.45, 2.75) is 13.2 Å². The lowest BCUT2D eigenvalue weighted by Crippen LogP contribution is -1.96. The molecule has 0 aromatic carbocycles. The third-order valence-corrected chi connectivity index (χ3v) is 0.963. The van der Waals surface area contributed by atoms with Crippen molar-refractivity contribution in [3.05, 3.63) is 0 Å². The third-order valence-electron chi connectivity index (χ3n) is 0.477. The Kier molecular flexibility index (Phi) is 4.01. The van der Waals surface area contributed by atoms with Gasteiger partial charge >= 0.3 is 8.25 Å². The van der Waals surface area contributed by atoms with Gasteiger partial charge in [0.2, 0.25) is 12.3 Å². The highest BCUT2D eigenvalue weighted by Crippen LogP contribution is 2.17. The van der Waals surface area contributed by atoms with E-state index in [1.807, 2.05) is 0 Å². The Morgan fingerprint density at radius 2 is 2.44 bits per heavy atom. The molecular formula is C3H5NO4P+. The van der Waals surface area contributed by atoms with Gasteiger partial charge in [-0.2, -0.15) is 4.99 Å². The average molecular weight is 150 g/mol. The molecule has 0 heterocycles. The second kappa shape index (κ2) is 4.30. The van der Waals surface area contributed by atoms with Crippen LogP contribution >= 0.6 is 8.25 Å². The van der Waals surface area contributed by atoms with Crippen molar-refractivity contribution in [3.63, 3.8) is 0 Å². The molecule has 2 unspecified atom stereocenters. The normalized spacial score (nSPS) is 13.8. The van der Waals surface area contributed by atoms with E-state index >= 15 is 0 Å². The molecule has 0 saturated carbocycles. The molecule has 6 heteroatoms. The maximum absolute atomic E-state index is 9.82. The minimum Gasteiger partial charge on any atom is -0.211 e. The van der Waals surface area contributed by atoms with E-state index in [9.17, 15) is 9.36 Å². The van der Waals surface area contributed by atoms with Gasteiger partial charge in [0.1, 0.15) is 0 Å². The van der Waals surface area contributed by atoms with Crippen LogP contribution in [0.5, 0.6) is 0 Å². The second-order valence-electron chi connectivity index (χ2n) is 1.16. The summed E-state index contributed by atoms with van der Waals surface area (Å²) in [6, 6.07) is 0. The Hall–Kier alpha value is -0.600. The van der Waals surface area contributed by atoms with Gasteiger partial charge in [-0.3, -0.25) is 0 Å². The molecule has 0 aliphatic heterocycles. The summed E-state index contributed by atoms with van der Waals surface area (Å²) in [7, 11) is -2.67. The highest BCUT2D eigenvalue weighted by Gasteiger charge is 2.17. The highest BCUT2D eigenvalue weighted by molar-refractivity contribution is 7.32. The van der Waals surface area contributed by atoms with Crippen molar-refractivity contribution < 1.29 is 18.8 Å². The Labute approximate surface area is 52.3 Å². The maximum atomic E-state index is 9.82. The van der Waals surface area contributed by atoms with E-state index in [-0.39, 0.29) is 0 Å². The molecule has 1 N–H and O–H groups in total. The Balaban J connectivity index is 3.62. The first-order valence-corrected chi connectivity index (χ1v) is 3.19. The highest BCUT2D eigenvalue weighted by atomic mass is 31.1. The molecule has 9 heavy (non-hydrogen) atoms. The molecular weight excluding hydrogens is 145 g/mol. The van der Waals surface area contributed by atoms with Gasteiger partial charge in [-0.15, -0.1) is 4.89 Å². The van der Waals surface area contributed by atoms with Crippen molar-refractivity contribution in [3.8, 4) is 0 Å². The van der Waals surface area contributed by atoms with Crippen LogP contribution in [0, 0.1) is 0 Å². The molecule has 0 fully saturated rings. The molecule has 50 valence electrons. The van der Waals surface area contributed by atoms with Crippen LogP contribution in [0.3, 0.4) is 0 Å². The van der Waals surface area contributed by atoms with Crippen LogP contribution in [-0.4, -0.2) is 17.2 Å². The summed E-state index contributed by atoms with van der Waals surface area (Å²) in [4.78, 5) is 20.5. The molecule has 0 aliphatic rings. The number of hydrogen-bond donors (Lipinski definition) is 1. The zero-order valence-corrected chi connectivity index (χ0v) is 5.54. The largest absolute Gasteiger partial charge is 0.696 e. The second-order valence-corrected chi connectivity index (χ2v) is 1.85. The summed E-state index contributed by atoms with van der Waals surface area (Å²) in [5.41, 5.74) is 0. The van der Waals surface area contributed by atoms with Crippen LogP contribution in [0.2, 0.25) is 0 Å². The van der Waals surface area contributed by atoms with Crippen LogP contribution in [0.1, 0.15) is 6.92 Å². The zero-order chi connectivity index (χ0) is 7.28. The minimum atomic E-state index is -2.67. The van der Waals surface area contributed by atoms with Gasteiger partial charge in [-0.25, -0.2) is 4.79 Å². The summed E-state index contributed by atoms with van der Waals surface area (Å²) >= 11 is 0. The maximum Gasteiger partial charge on any atom is 0.696 e. The molecule has 0 aliphatic carbocycles. The molecule has 0 amide bonds. The van der Waals surface area contributed by atoms with Gasteiger partial charge in [0, 0.05) is 4.57 Å². The molecule has 0 radical (unpaired) electrons. The van der Waals surface area contributed by atoms with Gasteiger partial charge in [0.25, 0.3) is 0 Å². The summed E-state index contributed by atoms with van der Waals surface area (Å²) in [6.45, 7) is 1.36. The van der Waals surface area contributed by atoms with Gasteiger partial charge < -0.3 is 0 Å². The average Bonchev–Trinajstić information content (AvgIpc) is 1.63. The predicted molar refractivity (Wildman–Crippen MR) is 28.5 cm³/mol. The summed E-state index contributed by atoms with van der Waals surface area (Å²) in [5, 5.41) is 0. The van der Waals surface area contributed by atoms with Crippen LogP contribution in [-0.2, 0) is 13.9 Å². The van der Waals surface area contributed by atoms with Crippen molar-refractivity contribution in [2.75, 3.05) is 0 Å². The molecule has 0 rings (SSSR count). The monoisotopic (exact) mass is 150 g/mol. The van der Waals surface area contributed by atoms with Crippen LogP contribution in [0.25, 0.3) is 0 Å². The molecule has 2 atom stereocenters. The number of aliphatic imine (C=N–C) groups is 1. The first-order chi connectivity index (χ1) is 4.16. The van der Waals surface area contributed by atoms with Crippen molar-refractivity contribution >= 4 is 14.3 Å². The minimum absolute atomic E-state index is 0.892. The molecule has 0 spiro atoms. The lowest BCUT2D eigenvalue weighted by molar-refractivity contribution is 0.214. The number of nitrogens with zero attached hydrogens (tertiary/aromatic N) is 1. The SMILES string of the molecule is CC(N=C=O)O[P+](=O)O. The predicted octanol–water partition coefficient (Wildman–Crippen LogP) is 0.334. The van der Waals surface area contributed by atoms with Crippen LogP contribution in [0.15, 0.2) is 4.99 Å². The molecule has 5 nitrogen and oxygen atoms in total. The van der Waals surface area contributed by atoms with Crippen molar-refractivity contribution in [1.82, 2.24) is 0 Å². The molecule has 0 bridgehead atoms. The van der Waals surface area contributed by atoms with E-state index in [0.29, 0.717) is 0 Å². The van der Waals surface area contributed by atoms with Gasteiger partial charge in [0.15, 0.2) is 0 Å². The smallest absolute Gasteiger partial charge is 0.211 e. The van der Waals surface area contributed by atoms with E-state index in [4.69, 9.17) is 4.89 Å². The van der Waals surface area contributed by atoms with Crippen molar-refractivity contribution in [2.24, 2.45) is 4.99 Å². The fourth-order valence-electron chi connectivity index (χ4n) is 0.228. The standard InChI is InChI=1S/C3H4NO4P/c1-3(4-2-5)8-9(6)7/h3H,1H3/p+1. The third kappa shape index (κ3) is 5.27. The van der Waals surface area contributed by atoms with E-state index in [2.05, 4.69) is 9.52 Å². The van der Waals surface area contributed by atoms with Crippen molar-refractivity contribution in [1.29, 1.82) is 0 Å². The Morgan fingerprint density at radius 1 is 1.89 bits per heavy atom. The quantitative estimate of drug-likeness (QED) is 0.357. The lowest BCUT2D eigenvalue weighted by atomic mass is 10.7. The summed E-state index contributed by atoms with van der Waals surface area (Å²) in [5.74, 6) is 0. The zero-order valence-electron chi connectivity index (χ0n) is 4.64. The van der Waals surface area contributed by atoms with E-state index in [1.54, 1.807) is 0 Å². The number of isocyanates is 1. The molecule has 0 aromatic heterocycles. The number of hydrogen-bond acceptors (Lipinski definition) is 4. The van der Waals surface area contributed by atoms with E-state index in [1.165, 1.54) is 13.0 Å². The summed E-state index contributed by atoms with van der Waals surface area (Å²) in [6.07, 6.45) is 0.291. The Morgan fingerprint density at radius 3 is 2.78 bits per heavy atom. The van der Waals surface area contributed by atoms with E-state index < -0.39 is 14.5 Å². The first-order valence-electron chi connectivity index (χ1n) is 2.06. The summed E-state index contributed by atoms with van der Waals surface area (Å²) < 4.78 is 13.9. The lowest BCUT2D eigenvalue weighted by Gasteiger charge is -1.87. The van der Waals surface area contributed by atoms with Crippen LogP contribution < -0.4 is 0 Å². The Bertz CT molecular complexity index is 152. The number of carbonyl (C=O) groups excluding carboxylic acids is 1.